The Labute approximate surface area is 177 Å². The van der Waals surface area contributed by atoms with Gasteiger partial charge in [-0.05, 0) is 44.8 Å². The molecule has 0 aliphatic carbocycles. The highest BCUT2D eigenvalue weighted by Gasteiger charge is 2.43. The first-order chi connectivity index (χ1) is 12.9. The van der Waals surface area contributed by atoms with E-state index in [1.165, 1.54) is 0 Å². The second-order valence-corrected chi connectivity index (χ2v) is 25.2. The Balaban J connectivity index is 4.73. The summed E-state index contributed by atoms with van der Waals surface area (Å²) in [5.41, 5.74) is 0. The minimum absolute atomic E-state index is 0.751. The minimum Gasteiger partial charge on any atom is -0.439 e. The molecular formula is C15H42O8Si5. The van der Waals surface area contributed by atoms with Crippen molar-refractivity contribution in [1.29, 1.82) is 0 Å². The van der Waals surface area contributed by atoms with Gasteiger partial charge in [0.1, 0.15) is 0 Å². The summed E-state index contributed by atoms with van der Waals surface area (Å²) >= 11 is 0. The molecule has 8 nitrogen and oxygen atoms in total. The van der Waals surface area contributed by atoms with Crippen molar-refractivity contribution in [1.82, 2.24) is 0 Å². The van der Waals surface area contributed by atoms with E-state index in [1.54, 1.807) is 42.7 Å². The standard InChI is InChI=1S/C15H42O8Si5/c1-16-27(17-2,18-3)14-12-25(8,9)22-24(7)23-26(10,11)13-15-28(19-4,20-5)21-6/h24H,12-15H2,1-11H3. The Morgan fingerprint density at radius 1 is 0.500 bits per heavy atom. The third kappa shape index (κ3) is 9.71. The van der Waals surface area contributed by atoms with Crippen LogP contribution in [0.25, 0.3) is 0 Å². The smallest absolute Gasteiger partial charge is 0.439 e. The van der Waals surface area contributed by atoms with E-state index < -0.39 is 43.5 Å². The maximum absolute atomic E-state index is 6.48. The lowest BCUT2D eigenvalue weighted by Crippen LogP contribution is -2.49. The van der Waals surface area contributed by atoms with Crippen LogP contribution in [-0.2, 0) is 34.8 Å². The normalized spacial score (nSPS) is 14.1. The summed E-state index contributed by atoms with van der Waals surface area (Å²) in [7, 11) is -0.869. The number of hydrogen-bond acceptors (Lipinski definition) is 8. The zero-order valence-electron chi connectivity index (χ0n) is 19.7. The van der Waals surface area contributed by atoms with Gasteiger partial charge in [-0.1, -0.05) is 0 Å². The topological polar surface area (TPSA) is 73.8 Å². The minimum atomic E-state index is -2.57. The van der Waals surface area contributed by atoms with Crippen molar-refractivity contribution in [3.05, 3.63) is 0 Å². The maximum atomic E-state index is 6.48. The fraction of sp³-hybridized carbons (Fsp3) is 1.00. The molecule has 0 aromatic heterocycles. The van der Waals surface area contributed by atoms with E-state index in [0.29, 0.717) is 0 Å². The fourth-order valence-electron chi connectivity index (χ4n) is 3.06. The van der Waals surface area contributed by atoms with Crippen LogP contribution in [0, 0.1) is 0 Å². The summed E-state index contributed by atoms with van der Waals surface area (Å²) in [4.78, 5) is 0. The summed E-state index contributed by atoms with van der Waals surface area (Å²) < 4.78 is 46.1. The van der Waals surface area contributed by atoms with Crippen molar-refractivity contribution in [3.8, 4) is 0 Å². The van der Waals surface area contributed by atoms with Crippen LogP contribution in [0.15, 0.2) is 0 Å². The van der Waals surface area contributed by atoms with E-state index in [4.69, 9.17) is 34.8 Å². The van der Waals surface area contributed by atoms with Crippen LogP contribution < -0.4 is 0 Å². The molecule has 0 heterocycles. The quantitative estimate of drug-likeness (QED) is 0.306. The number of hydrogen-bond donors (Lipinski definition) is 0. The highest BCUT2D eigenvalue weighted by Crippen LogP contribution is 2.26. The third-order valence-electron chi connectivity index (χ3n) is 4.90. The second kappa shape index (κ2) is 12.6. The Morgan fingerprint density at radius 2 is 0.750 bits per heavy atom. The van der Waals surface area contributed by atoms with Crippen molar-refractivity contribution in [2.75, 3.05) is 42.7 Å². The maximum Gasteiger partial charge on any atom is 0.499 e. The van der Waals surface area contributed by atoms with Gasteiger partial charge in [0, 0.05) is 54.7 Å². The molecule has 0 amide bonds. The molecule has 0 rings (SSSR count). The monoisotopic (exact) mass is 490 g/mol. The van der Waals surface area contributed by atoms with Gasteiger partial charge in [-0.3, -0.25) is 0 Å². The summed E-state index contributed by atoms with van der Waals surface area (Å²) in [5, 5.41) is 0. The molecule has 170 valence electrons. The summed E-state index contributed by atoms with van der Waals surface area (Å²) in [6, 6.07) is 3.32. The molecule has 0 aromatic rings. The predicted molar refractivity (Wildman–Crippen MR) is 123 cm³/mol. The SMILES string of the molecule is CO[Si](CC[Si](C)(C)O[SiH](C)O[Si](C)(C)CC[Si](OC)(OC)OC)(OC)OC. The van der Waals surface area contributed by atoms with Crippen LogP contribution in [0.1, 0.15) is 0 Å². The Bertz CT molecular complexity index is 378. The average Bonchev–Trinajstić information content (AvgIpc) is 2.64. The molecule has 0 aliphatic rings. The van der Waals surface area contributed by atoms with Gasteiger partial charge in [0.25, 0.3) is 9.28 Å². The van der Waals surface area contributed by atoms with Crippen molar-refractivity contribution in [3.63, 3.8) is 0 Å². The van der Waals surface area contributed by atoms with Gasteiger partial charge in [-0.2, -0.15) is 0 Å². The molecule has 0 bridgehead atoms. The highest BCUT2D eigenvalue weighted by molar-refractivity contribution is 6.82. The molecule has 0 N–H and O–H groups in total. The van der Waals surface area contributed by atoms with Gasteiger partial charge >= 0.3 is 17.6 Å². The van der Waals surface area contributed by atoms with Gasteiger partial charge in [-0.25, -0.2) is 0 Å². The highest BCUT2D eigenvalue weighted by atomic mass is 28.4. The molecule has 0 aliphatic heterocycles. The molecule has 0 spiro atoms. The van der Waals surface area contributed by atoms with Gasteiger partial charge in [-0.15, -0.1) is 0 Å². The van der Waals surface area contributed by atoms with Gasteiger partial charge in [0.05, 0.1) is 0 Å². The van der Waals surface area contributed by atoms with Gasteiger partial charge in [0.2, 0.25) is 0 Å². The van der Waals surface area contributed by atoms with Crippen molar-refractivity contribution >= 4 is 43.5 Å². The Kier molecular flexibility index (Phi) is 12.9. The lowest BCUT2D eigenvalue weighted by Gasteiger charge is -2.35. The largest absolute Gasteiger partial charge is 0.499 e. The van der Waals surface area contributed by atoms with Gasteiger partial charge in [0.15, 0.2) is 16.6 Å². The van der Waals surface area contributed by atoms with Crippen LogP contribution in [-0.4, -0.2) is 86.2 Å². The molecule has 0 aromatic carbocycles. The molecule has 0 atom stereocenters. The van der Waals surface area contributed by atoms with E-state index in [1.807, 2.05) is 0 Å². The van der Waals surface area contributed by atoms with Crippen molar-refractivity contribution < 1.29 is 34.8 Å². The Morgan fingerprint density at radius 3 is 0.964 bits per heavy atom. The van der Waals surface area contributed by atoms with E-state index in [-0.39, 0.29) is 0 Å². The van der Waals surface area contributed by atoms with E-state index in [0.717, 1.165) is 24.2 Å². The molecule has 0 radical (unpaired) electrons. The predicted octanol–water partition coefficient (Wildman–Crippen LogP) is 3.04. The zero-order chi connectivity index (χ0) is 22.1. The van der Waals surface area contributed by atoms with Gasteiger partial charge < -0.3 is 34.8 Å². The van der Waals surface area contributed by atoms with Crippen molar-refractivity contribution in [2.45, 2.75) is 56.9 Å². The van der Waals surface area contributed by atoms with Crippen LogP contribution in [0.3, 0.4) is 0 Å². The first-order valence-corrected chi connectivity index (χ1v) is 21.7. The van der Waals surface area contributed by atoms with E-state index in [9.17, 15) is 0 Å². The summed E-state index contributed by atoms with van der Waals surface area (Å²) in [6.07, 6.45) is 0. The molecule has 0 unspecified atom stereocenters. The first kappa shape index (κ1) is 28.8. The van der Waals surface area contributed by atoms with Crippen LogP contribution in [0.2, 0.25) is 56.9 Å². The first-order valence-electron chi connectivity index (χ1n) is 9.55. The van der Waals surface area contributed by atoms with Crippen LogP contribution in [0.5, 0.6) is 0 Å². The number of rotatable bonds is 16. The molecule has 28 heavy (non-hydrogen) atoms. The summed E-state index contributed by atoms with van der Waals surface area (Å²) in [6.45, 7) is 11.0. The van der Waals surface area contributed by atoms with Crippen LogP contribution >= 0.6 is 0 Å². The fourth-order valence-corrected chi connectivity index (χ4v) is 21.3. The zero-order valence-corrected chi connectivity index (χ0v) is 24.8. The molecule has 13 heteroatoms. The Hall–Kier alpha value is 0.764. The lowest BCUT2D eigenvalue weighted by atomic mass is 10.9. The molecule has 0 fully saturated rings. The molecule has 0 saturated carbocycles. The summed E-state index contributed by atoms with van der Waals surface area (Å²) in [5.74, 6) is 0. The van der Waals surface area contributed by atoms with E-state index in [2.05, 4.69) is 32.7 Å². The third-order valence-corrected chi connectivity index (χ3v) is 22.0. The van der Waals surface area contributed by atoms with Crippen molar-refractivity contribution in [2.24, 2.45) is 0 Å². The average molecular weight is 491 g/mol. The second-order valence-electron chi connectivity index (χ2n) is 7.91. The lowest BCUT2D eigenvalue weighted by molar-refractivity contribution is 0.124. The van der Waals surface area contributed by atoms with Crippen LogP contribution in [0.4, 0.5) is 0 Å². The molecule has 0 saturated heterocycles. The van der Waals surface area contributed by atoms with E-state index >= 15 is 0 Å². The molecular weight excluding hydrogens is 449 g/mol.